The van der Waals surface area contributed by atoms with Crippen molar-refractivity contribution in [2.24, 2.45) is 0 Å². The van der Waals surface area contributed by atoms with E-state index in [2.05, 4.69) is 25.6 Å². The van der Waals surface area contributed by atoms with Gasteiger partial charge in [0.2, 0.25) is 0 Å². The lowest BCUT2D eigenvalue weighted by Crippen LogP contribution is -2.22. The summed E-state index contributed by atoms with van der Waals surface area (Å²) in [6.45, 7) is 3.02. The maximum absolute atomic E-state index is 8.88. The van der Waals surface area contributed by atoms with Crippen molar-refractivity contribution in [1.82, 2.24) is 24.2 Å². The molecule has 0 N–H and O–H groups in total. The van der Waals surface area contributed by atoms with Crippen molar-refractivity contribution in [2.75, 3.05) is 13.1 Å². The van der Waals surface area contributed by atoms with Crippen LogP contribution >= 0.6 is 0 Å². The van der Waals surface area contributed by atoms with Gasteiger partial charge in [-0.25, -0.2) is 4.98 Å². The van der Waals surface area contributed by atoms with Crippen LogP contribution in [0.3, 0.4) is 0 Å². The van der Waals surface area contributed by atoms with E-state index in [-0.39, 0.29) is 0 Å². The van der Waals surface area contributed by atoms with E-state index >= 15 is 0 Å². The van der Waals surface area contributed by atoms with Crippen LogP contribution in [0.5, 0.6) is 0 Å². The zero-order chi connectivity index (χ0) is 14.2. The average Bonchev–Trinajstić information content (AvgIpc) is 2.96. The largest absolute Gasteiger partial charge is 0.330 e. The predicted molar refractivity (Wildman–Crippen MR) is 76.4 cm³/mol. The van der Waals surface area contributed by atoms with E-state index < -0.39 is 0 Å². The van der Waals surface area contributed by atoms with Gasteiger partial charge in [0.1, 0.15) is 6.07 Å². The van der Waals surface area contributed by atoms with Crippen LogP contribution in [0.4, 0.5) is 0 Å². The summed E-state index contributed by atoms with van der Waals surface area (Å²) in [5.41, 5.74) is 1.96. The number of likely N-dealkylation sites (tertiary alicyclic amines) is 1. The van der Waals surface area contributed by atoms with Crippen LogP contribution in [0.25, 0.3) is 0 Å². The lowest BCUT2D eigenvalue weighted by molar-refractivity contribution is 0.303. The first-order valence-electron chi connectivity index (χ1n) is 7.51. The third kappa shape index (κ3) is 2.45. The Hall–Kier alpha value is -2.13. The van der Waals surface area contributed by atoms with Crippen molar-refractivity contribution in [3.63, 3.8) is 0 Å². The Morgan fingerprint density at radius 2 is 2.14 bits per heavy atom. The minimum Gasteiger partial charge on any atom is -0.330 e. The first-order valence-corrected chi connectivity index (χ1v) is 7.51. The van der Waals surface area contributed by atoms with Crippen molar-refractivity contribution in [2.45, 2.75) is 37.9 Å². The Morgan fingerprint density at radius 1 is 1.24 bits per heavy atom. The highest BCUT2D eigenvalue weighted by molar-refractivity contribution is 5.22. The molecule has 2 aromatic rings. The molecule has 108 valence electrons. The van der Waals surface area contributed by atoms with Crippen molar-refractivity contribution in [1.29, 1.82) is 5.26 Å². The Kier molecular flexibility index (Phi) is 3.00. The Balaban J connectivity index is 1.42. The van der Waals surface area contributed by atoms with Gasteiger partial charge in [-0.2, -0.15) is 10.4 Å². The van der Waals surface area contributed by atoms with Crippen molar-refractivity contribution in [3.05, 3.63) is 36.2 Å². The number of imidazole rings is 1. The second-order valence-corrected chi connectivity index (χ2v) is 6.02. The molecule has 1 aliphatic carbocycles. The van der Waals surface area contributed by atoms with Gasteiger partial charge in [-0.3, -0.25) is 9.58 Å². The number of hydrogen-bond donors (Lipinski definition) is 0. The molecule has 2 fully saturated rings. The number of rotatable bonds is 4. The minimum atomic E-state index is 0.379. The van der Waals surface area contributed by atoms with Gasteiger partial charge in [0.15, 0.2) is 0 Å². The Labute approximate surface area is 123 Å². The quantitative estimate of drug-likeness (QED) is 0.857. The molecule has 6 heteroatoms. The maximum atomic E-state index is 8.88. The minimum absolute atomic E-state index is 0.379. The monoisotopic (exact) mass is 282 g/mol. The van der Waals surface area contributed by atoms with Crippen LogP contribution in [0, 0.1) is 11.3 Å². The van der Waals surface area contributed by atoms with Crippen molar-refractivity contribution < 1.29 is 0 Å². The van der Waals surface area contributed by atoms with Crippen LogP contribution < -0.4 is 0 Å². The molecular weight excluding hydrogens is 264 g/mol. The fourth-order valence-corrected chi connectivity index (χ4v) is 3.13. The third-order valence-electron chi connectivity index (χ3n) is 4.42. The second kappa shape index (κ2) is 5.01. The van der Waals surface area contributed by atoms with Gasteiger partial charge in [0.05, 0.1) is 29.8 Å². The van der Waals surface area contributed by atoms with Gasteiger partial charge >= 0.3 is 0 Å². The van der Waals surface area contributed by atoms with E-state index in [1.807, 2.05) is 23.4 Å². The molecule has 0 spiro atoms. The van der Waals surface area contributed by atoms with E-state index in [0.717, 1.165) is 26.1 Å². The molecule has 1 saturated carbocycles. The first-order chi connectivity index (χ1) is 10.3. The Morgan fingerprint density at radius 3 is 2.90 bits per heavy atom. The van der Waals surface area contributed by atoms with Crippen LogP contribution in [0.1, 0.15) is 42.6 Å². The molecule has 0 amide bonds. The normalized spacial score (nSPS) is 22.5. The fraction of sp³-hybridized carbons (Fsp3) is 0.533. The highest BCUT2D eigenvalue weighted by Crippen LogP contribution is 2.36. The summed E-state index contributed by atoms with van der Waals surface area (Å²) in [6.07, 6.45) is 11.1. The second-order valence-electron chi connectivity index (χ2n) is 6.02. The molecule has 2 aliphatic rings. The van der Waals surface area contributed by atoms with Crippen molar-refractivity contribution >= 4 is 0 Å². The molecule has 2 aromatic heterocycles. The fourth-order valence-electron chi connectivity index (χ4n) is 3.13. The van der Waals surface area contributed by atoms with Crippen LogP contribution in [0.2, 0.25) is 0 Å². The highest BCUT2D eigenvalue weighted by atomic mass is 15.3. The van der Waals surface area contributed by atoms with Gasteiger partial charge in [-0.05, 0) is 19.3 Å². The summed E-state index contributed by atoms with van der Waals surface area (Å²) in [6, 6.07) is 3.20. The van der Waals surface area contributed by atoms with E-state index in [1.165, 1.54) is 18.5 Å². The molecule has 21 heavy (non-hydrogen) atoms. The zero-order valence-corrected chi connectivity index (χ0v) is 11.9. The molecule has 0 bridgehead atoms. The summed E-state index contributed by atoms with van der Waals surface area (Å²) in [5, 5.41) is 13.2. The van der Waals surface area contributed by atoms with Gasteiger partial charge in [-0.1, -0.05) is 0 Å². The van der Waals surface area contributed by atoms with Crippen LogP contribution in [0.15, 0.2) is 24.9 Å². The molecule has 1 aliphatic heterocycles. The lowest BCUT2D eigenvalue weighted by Gasteiger charge is -2.17. The number of nitriles is 1. The summed E-state index contributed by atoms with van der Waals surface area (Å²) in [4.78, 5) is 6.75. The molecular formula is C15H18N6. The maximum Gasteiger partial charge on any atom is 0.102 e. The smallest absolute Gasteiger partial charge is 0.102 e. The molecule has 1 unspecified atom stereocenters. The SMILES string of the molecule is N#Cc1cnn(C2CCN(Cc3cncn3C3CC3)C2)c1. The number of aromatic nitrogens is 4. The molecule has 0 radical (unpaired) electrons. The molecule has 0 aromatic carbocycles. The lowest BCUT2D eigenvalue weighted by atomic mass is 10.3. The van der Waals surface area contributed by atoms with E-state index in [9.17, 15) is 0 Å². The van der Waals surface area contributed by atoms with E-state index in [0.29, 0.717) is 17.6 Å². The van der Waals surface area contributed by atoms with Crippen LogP contribution in [-0.2, 0) is 6.54 Å². The van der Waals surface area contributed by atoms with Gasteiger partial charge < -0.3 is 4.57 Å². The molecule has 4 rings (SSSR count). The molecule has 1 saturated heterocycles. The predicted octanol–water partition coefficient (Wildman–Crippen LogP) is 1.73. The molecule has 6 nitrogen and oxygen atoms in total. The van der Waals surface area contributed by atoms with Crippen molar-refractivity contribution in [3.8, 4) is 6.07 Å². The molecule has 1 atom stereocenters. The summed E-state index contributed by atoms with van der Waals surface area (Å²) >= 11 is 0. The zero-order valence-electron chi connectivity index (χ0n) is 11.9. The average molecular weight is 282 g/mol. The topological polar surface area (TPSA) is 62.7 Å². The summed E-state index contributed by atoms with van der Waals surface area (Å²) in [7, 11) is 0. The standard InChI is InChI=1S/C15H18N6/c16-5-12-6-18-21(8-12)14-3-4-19(9-14)10-15-7-17-11-20(15)13-1-2-13/h6-8,11,13-14H,1-4,9-10H2. The summed E-state index contributed by atoms with van der Waals surface area (Å²) < 4.78 is 4.27. The third-order valence-corrected chi connectivity index (χ3v) is 4.42. The summed E-state index contributed by atoms with van der Waals surface area (Å²) in [5.74, 6) is 0. The van der Waals surface area contributed by atoms with Crippen LogP contribution in [-0.4, -0.2) is 37.3 Å². The van der Waals surface area contributed by atoms with Gasteiger partial charge in [-0.15, -0.1) is 0 Å². The Bertz CT molecular complexity index is 674. The van der Waals surface area contributed by atoms with Gasteiger partial charge in [0.25, 0.3) is 0 Å². The van der Waals surface area contributed by atoms with E-state index in [4.69, 9.17) is 5.26 Å². The first kappa shape index (κ1) is 12.6. The molecule has 3 heterocycles. The van der Waals surface area contributed by atoms with Gasteiger partial charge in [0, 0.05) is 38.1 Å². The highest BCUT2D eigenvalue weighted by Gasteiger charge is 2.28. The number of nitrogens with zero attached hydrogens (tertiary/aromatic N) is 6. The number of hydrogen-bond acceptors (Lipinski definition) is 4. The van der Waals surface area contributed by atoms with E-state index in [1.54, 1.807) is 6.20 Å².